The fraction of sp³-hybridized carbons (Fsp3) is 0.556. The monoisotopic (exact) mass is 645 g/mol. The molecule has 0 unspecified atom stereocenters. The van der Waals surface area contributed by atoms with Crippen molar-refractivity contribution >= 4 is 11.7 Å². The first-order valence-electron chi connectivity index (χ1n) is 17.0. The number of nitrogens with zero attached hydrogens (tertiary/aromatic N) is 7. The summed E-state index contributed by atoms with van der Waals surface area (Å²) in [4.78, 5) is 35.4. The van der Waals surface area contributed by atoms with Crippen molar-refractivity contribution in [3.05, 3.63) is 65.6 Å². The normalized spacial score (nSPS) is 17.4. The lowest BCUT2D eigenvalue weighted by molar-refractivity contribution is -0.0350. The summed E-state index contributed by atoms with van der Waals surface area (Å²) in [5, 5.41) is 0. The summed E-state index contributed by atoms with van der Waals surface area (Å²) in [6.07, 6.45) is 10.6. The Morgan fingerprint density at radius 1 is 1.11 bits per heavy atom. The van der Waals surface area contributed by atoms with Crippen LogP contribution in [0.3, 0.4) is 0 Å². The zero-order chi connectivity index (χ0) is 33.1. The fourth-order valence-corrected chi connectivity index (χ4v) is 7.28. The van der Waals surface area contributed by atoms with Crippen LogP contribution in [0, 0.1) is 11.2 Å². The minimum absolute atomic E-state index is 0.0332. The molecule has 1 spiro atoms. The molecule has 1 amide bonds. The molecular weight excluding hydrogens is 597 g/mol. The lowest BCUT2D eigenvalue weighted by Crippen LogP contribution is -2.65. The predicted molar refractivity (Wildman–Crippen MR) is 180 cm³/mol. The van der Waals surface area contributed by atoms with Crippen LogP contribution in [0.4, 0.5) is 10.2 Å². The summed E-state index contributed by atoms with van der Waals surface area (Å²) in [7, 11) is 4.26. The molecule has 2 aromatic heterocycles. The average molecular weight is 646 g/mol. The number of hydrogen-bond donors (Lipinski definition) is 0. The third-order valence-corrected chi connectivity index (χ3v) is 9.73. The molecule has 11 heteroatoms. The van der Waals surface area contributed by atoms with Crippen LogP contribution in [0.1, 0.15) is 68.1 Å². The van der Waals surface area contributed by atoms with Gasteiger partial charge in [0, 0.05) is 55.9 Å². The van der Waals surface area contributed by atoms with Crippen LogP contribution in [-0.4, -0.2) is 101 Å². The molecule has 3 aromatic rings. The maximum Gasteiger partial charge on any atom is 0.257 e. The number of halogens is 1. The first-order valence-corrected chi connectivity index (χ1v) is 17.0. The fourth-order valence-electron chi connectivity index (χ4n) is 7.28. The molecule has 1 saturated heterocycles. The minimum atomic E-state index is -0.489. The molecule has 2 fully saturated rings. The number of carbonyl (C=O) groups excluding carboxylic acids is 1. The summed E-state index contributed by atoms with van der Waals surface area (Å²) >= 11 is 0. The first kappa shape index (κ1) is 33.1. The zero-order valence-corrected chi connectivity index (χ0v) is 28.4. The largest absolute Gasteiger partial charge is 0.490 e. The number of anilines is 1. The van der Waals surface area contributed by atoms with Crippen LogP contribution in [0.5, 0.6) is 17.2 Å². The SMILES string of the molecule is CCN(C(=O)c1cc(F)ccc1Oc1cncnc1N1CC2(CC(Oc3ccnc4c3CCN(CCCCN(C)C)C4)C2)C1)C(C)C. The van der Waals surface area contributed by atoms with Crippen LogP contribution in [0.25, 0.3) is 0 Å². The Morgan fingerprint density at radius 2 is 1.91 bits per heavy atom. The van der Waals surface area contributed by atoms with E-state index >= 15 is 0 Å². The van der Waals surface area contributed by atoms with Gasteiger partial charge in [-0.15, -0.1) is 0 Å². The van der Waals surface area contributed by atoms with E-state index in [4.69, 9.17) is 14.5 Å². The number of carbonyl (C=O) groups is 1. The van der Waals surface area contributed by atoms with Gasteiger partial charge in [-0.2, -0.15) is 0 Å². The number of rotatable bonds is 13. The standard InChI is InChI=1S/C36H48FN7O3/c1-6-44(25(2)3)35(45)29-17-26(37)9-10-31(29)47-33-20-38-24-40-34(33)43-22-36(23-43)18-27(19-36)46-32-11-13-39-30-21-42(16-12-28(30)32)15-8-7-14-41(4)5/h9-11,13,17,20,24-25,27H,6-8,12,14-16,18-19,21-23H2,1-5H3. The van der Waals surface area contributed by atoms with E-state index in [1.807, 2.05) is 33.0 Å². The summed E-state index contributed by atoms with van der Waals surface area (Å²) in [5.41, 5.74) is 2.78. The Morgan fingerprint density at radius 3 is 2.66 bits per heavy atom. The molecule has 0 radical (unpaired) electrons. The van der Waals surface area contributed by atoms with Gasteiger partial charge in [-0.25, -0.2) is 14.4 Å². The molecule has 0 atom stereocenters. The molecule has 4 heterocycles. The molecule has 1 aromatic carbocycles. The van der Waals surface area contributed by atoms with Crippen LogP contribution < -0.4 is 14.4 Å². The van der Waals surface area contributed by atoms with Gasteiger partial charge in [0.25, 0.3) is 5.91 Å². The Bertz CT molecular complexity index is 1550. The van der Waals surface area contributed by atoms with Crippen molar-refractivity contribution < 1.29 is 18.7 Å². The number of ether oxygens (including phenoxy) is 2. The smallest absolute Gasteiger partial charge is 0.257 e. The van der Waals surface area contributed by atoms with Gasteiger partial charge in [-0.05, 0) is 104 Å². The van der Waals surface area contributed by atoms with Gasteiger partial charge in [0.05, 0.1) is 17.5 Å². The van der Waals surface area contributed by atoms with E-state index in [1.54, 1.807) is 11.1 Å². The van der Waals surface area contributed by atoms with Gasteiger partial charge in [0.15, 0.2) is 11.6 Å². The molecule has 1 aliphatic carbocycles. The molecule has 47 heavy (non-hydrogen) atoms. The average Bonchev–Trinajstić information content (AvgIpc) is 3.01. The predicted octanol–water partition coefficient (Wildman–Crippen LogP) is 5.42. The Hall–Kier alpha value is -3.83. The second kappa shape index (κ2) is 14.1. The van der Waals surface area contributed by atoms with Crippen molar-refractivity contribution in [2.45, 2.75) is 71.6 Å². The number of hydrogen-bond acceptors (Lipinski definition) is 9. The minimum Gasteiger partial charge on any atom is -0.490 e. The van der Waals surface area contributed by atoms with Crippen molar-refractivity contribution in [2.24, 2.45) is 5.41 Å². The van der Waals surface area contributed by atoms with Crippen molar-refractivity contribution in [1.82, 2.24) is 29.7 Å². The molecule has 6 rings (SSSR count). The van der Waals surface area contributed by atoms with Crippen LogP contribution >= 0.6 is 0 Å². The number of benzene rings is 1. The maximum absolute atomic E-state index is 14.3. The van der Waals surface area contributed by atoms with Crippen molar-refractivity contribution in [3.8, 4) is 17.2 Å². The molecule has 10 nitrogen and oxygen atoms in total. The number of unbranched alkanes of at least 4 members (excludes halogenated alkanes) is 1. The van der Waals surface area contributed by atoms with Crippen molar-refractivity contribution in [1.29, 1.82) is 0 Å². The van der Waals surface area contributed by atoms with Gasteiger partial charge < -0.3 is 24.2 Å². The number of fused-ring (bicyclic) bond motifs is 1. The van der Waals surface area contributed by atoms with E-state index in [9.17, 15) is 9.18 Å². The molecule has 3 aliphatic rings. The second-order valence-electron chi connectivity index (χ2n) is 13.9. The summed E-state index contributed by atoms with van der Waals surface area (Å²) in [6, 6.07) is 6.04. The highest BCUT2D eigenvalue weighted by atomic mass is 19.1. The van der Waals surface area contributed by atoms with Gasteiger partial charge in [-0.1, -0.05) is 0 Å². The van der Waals surface area contributed by atoms with Crippen molar-refractivity contribution in [2.75, 3.05) is 58.3 Å². The Kier molecular flexibility index (Phi) is 9.93. The van der Waals surface area contributed by atoms with E-state index in [-0.39, 0.29) is 34.8 Å². The van der Waals surface area contributed by atoms with Crippen LogP contribution in [0.2, 0.25) is 0 Å². The van der Waals surface area contributed by atoms with E-state index in [0.717, 1.165) is 70.0 Å². The lowest BCUT2D eigenvalue weighted by Gasteiger charge is -2.59. The van der Waals surface area contributed by atoms with Gasteiger partial charge >= 0.3 is 0 Å². The summed E-state index contributed by atoms with van der Waals surface area (Å²) < 4.78 is 27.1. The van der Waals surface area contributed by atoms with Gasteiger partial charge in [-0.3, -0.25) is 14.7 Å². The number of amides is 1. The van der Waals surface area contributed by atoms with Gasteiger partial charge in [0.2, 0.25) is 0 Å². The molecular formula is C36H48FN7O3. The molecule has 2 aliphatic heterocycles. The van der Waals surface area contributed by atoms with Crippen LogP contribution in [-0.2, 0) is 13.0 Å². The first-order chi connectivity index (χ1) is 22.6. The number of aromatic nitrogens is 3. The highest BCUT2D eigenvalue weighted by Gasteiger charge is 2.54. The van der Waals surface area contributed by atoms with E-state index in [2.05, 4.69) is 38.8 Å². The second-order valence-corrected chi connectivity index (χ2v) is 13.9. The van der Waals surface area contributed by atoms with Crippen LogP contribution in [0.15, 0.2) is 43.0 Å². The molecule has 1 saturated carbocycles. The molecule has 252 valence electrons. The molecule has 0 bridgehead atoms. The Labute approximate surface area is 277 Å². The maximum atomic E-state index is 14.3. The van der Waals surface area contributed by atoms with E-state index in [0.29, 0.717) is 18.1 Å². The number of pyridine rings is 1. The molecule has 0 N–H and O–H groups in total. The Balaban J connectivity index is 1.05. The van der Waals surface area contributed by atoms with Crippen molar-refractivity contribution in [3.63, 3.8) is 0 Å². The lowest BCUT2D eigenvalue weighted by atomic mass is 9.61. The van der Waals surface area contributed by atoms with E-state index in [1.165, 1.54) is 42.9 Å². The zero-order valence-electron chi connectivity index (χ0n) is 28.4. The third-order valence-electron chi connectivity index (χ3n) is 9.73. The highest BCUT2D eigenvalue weighted by molar-refractivity contribution is 5.97. The third kappa shape index (κ3) is 7.36. The summed E-state index contributed by atoms with van der Waals surface area (Å²) in [5.74, 6) is 1.63. The van der Waals surface area contributed by atoms with Gasteiger partial charge in [0.1, 0.15) is 29.7 Å². The van der Waals surface area contributed by atoms with E-state index < -0.39 is 5.82 Å². The quantitative estimate of drug-likeness (QED) is 0.226. The summed E-state index contributed by atoms with van der Waals surface area (Å²) in [6.45, 7) is 12.1. The topological polar surface area (TPSA) is 87.2 Å². The highest BCUT2D eigenvalue weighted by Crippen LogP contribution is 2.52.